The Morgan fingerprint density at radius 2 is 2.11 bits per heavy atom. The van der Waals surface area contributed by atoms with Crippen LogP contribution in [0.5, 0.6) is 0 Å². The first-order chi connectivity index (χ1) is 9.17. The summed E-state index contributed by atoms with van der Waals surface area (Å²) >= 11 is 0. The quantitative estimate of drug-likeness (QED) is 0.894. The van der Waals surface area contributed by atoms with Gasteiger partial charge in [0.25, 0.3) is 0 Å². The average molecular weight is 261 g/mol. The summed E-state index contributed by atoms with van der Waals surface area (Å²) in [6.45, 7) is 7.76. The Bertz CT molecular complexity index is 548. The van der Waals surface area contributed by atoms with Crippen molar-refractivity contribution in [3.8, 4) is 11.3 Å². The fraction of sp³-hybridized carbons (Fsp3) is 0.400. The molecule has 0 spiro atoms. The van der Waals surface area contributed by atoms with Crippen LogP contribution >= 0.6 is 0 Å². The fourth-order valence-electron chi connectivity index (χ4n) is 2.25. The maximum atomic E-state index is 14.0. The molecule has 0 bridgehead atoms. The molecule has 19 heavy (non-hydrogen) atoms. The molecular weight excluding hydrogens is 241 g/mol. The molecule has 0 aliphatic rings. The number of aryl methyl sites for hydroxylation is 1. The molecule has 2 aromatic rings. The van der Waals surface area contributed by atoms with E-state index in [1.807, 2.05) is 25.1 Å². The van der Waals surface area contributed by atoms with Crippen molar-refractivity contribution in [2.75, 3.05) is 6.54 Å². The van der Waals surface area contributed by atoms with Gasteiger partial charge in [0, 0.05) is 24.3 Å². The third-order valence-corrected chi connectivity index (χ3v) is 3.29. The highest BCUT2D eigenvalue weighted by Gasteiger charge is 2.13. The molecule has 1 aromatic carbocycles. The van der Waals surface area contributed by atoms with E-state index in [1.54, 1.807) is 10.9 Å². The van der Waals surface area contributed by atoms with E-state index >= 15 is 0 Å². The van der Waals surface area contributed by atoms with E-state index in [0.29, 0.717) is 5.56 Å². The molecule has 1 aromatic heterocycles. The van der Waals surface area contributed by atoms with Crippen LogP contribution in [-0.2, 0) is 6.54 Å². The zero-order valence-electron chi connectivity index (χ0n) is 11.7. The zero-order chi connectivity index (χ0) is 13.8. The summed E-state index contributed by atoms with van der Waals surface area (Å²) in [7, 11) is 0. The van der Waals surface area contributed by atoms with Crippen LogP contribution in [0.2, 0.25) is 0 Å². The van der Waals surface area contributed by atoms with Gasteiger partial charge in [-0.1, -0.05) is 13.0 Å². The lowest BCUT2D eigenvalue weighted by atomic mass is 10.0. The van der Waals surface area contributed by atoms with Gasteiger partial charge in [0.05, 0.1) is 5.69 Å². The third kappa shape index (κ3) is 2.84. The van der Waals surface area contributed by atoms with Gasteiger partial charge in [-0.05, 0) is 44.2 Å². The minimum atomic E-state index is -0.206. The summed E-state index contributed by atoms with van der Waals surface area (Å²) in [5, 5.41) is 7.53. The maximum absolute atomic E-state index is 14.0. The highest BCUT2D eigenvalue weighted by molar-refractivity contribution is 5.61. The topological polar surface area (TPSA) is 29.9 Å². The number of halogens is 1. The van der Waals surface area contributed by atoms with Gasteiger partial charge < -0.3 is 5.32 Å². The lowest BCUT2D eigenvalue weighted by Crippen LogP contribution is -2.17. The number of hydrogen-bond acceptors (Lipinski definition) is 2. The van der Waals surface area contributed by atoms with Gasteiger partial charge in [0.1, 0.15) is 5.82 Å². The van der Waals surface area contributed by atoms with Crippen molar-refractivity contribution in [1.82, 2.24) is 15.1 Å². The van der Waals surface area contributed by atoms with Crippen molar-refractivity contribution >= 4 is 0 Å². The van der Waals surface area contributed by atoms with Crippen LogP contribution in [0.1, 0.15) is 32.4 Å². The summed E-state index contributed by atoms with van der Waals surface area (Å²) < 4.78 is 15.8. The van der Waals surface area contributed by atoms with E-state index in [9.17, 15) is 4.39 Å². The smallest absolute Gasteiger partial charge is 0.132 e. The molecule has 102 valence electrons. The molecule has 0 amide bonds. The Hall–Kier alpha value is -1.68. The average Bonchev–Trinajstić information content (AvgIpc) is 2.87. The van der Waals surface area contributed by atoms with Crippen LogP contribution in [0.3, 0.4) is 0 Å². The molecule has 0 aliphatic heterocycles. The fourth-order valence-corrected chi connectivity index (χ4v) is 2.25. The first-order valence-electron chi connectivity index (χ1n) is 6.72. The van der Waals surface area contributed by atoms with Gasteiger partial charge >= 0.3 is 0 Å². The molecule has 1 heterocycles. The number of rotatable bonds is 5. The molecule has 2 rings (SSSR count). The van der Waals surface area contributed by atoms with E-state index < -0.39 is 0 Å². The molecule has 1 N–H and O–H groups in total. The molecular formula is C15H20FN3. The Kier molecular flexibility index (Phi) is 4.32. The standard InChI is InChI=1S/C15H20FN3/c1-4-17-11(3)12-6-7-14(16)13(10-12)15-8-9-18-19(15)5-2/h6-11,17H,4-5H2,1-3H3. The van der Waals surface area contributed by atoms with Crippen LogP contribution < -0.4 is 5.32 Å². The molecule has 0 saturated heterocycles. The van der Waals surface area contributed by atoms with Crippen LogP contribution in [0.15, 0.2) is 30.5 Å². The zero-order valence-corrected chi connectivity index (χ0v) is 11.7. The minimum absolute atomic E-state index is 0.206. The largest absolute Gasteiger partial charge is 0.310 e. The van der Waals surface area contributed by atoms with Gasteiger partial charge in [0.2, 0.25) is 0 Å². The van der Waals surface area contributed by atoms with Crippen LogP contribution in [0.25, 0.3) is 11.3 Å². The Morgan fingerprint density at radius 3 is 2.79 bits per heavy atom. The molecule has 0 saturated carbocycles. The Balaban J connectivity index is 2.42. The van der Waals surface area contributed by atoms with Gasteiger partial charge in [-0.15, -0.1) is 0 Å². The number of hydrogen-bond donors (Lipinski definition) is 1. The van der Waals surface area contributed by atoms with Crippen molar-refractivity contribution < 1.29 is 4.39 Å². The van der Waals surface area contributed by atoms with E-state index in [0.717, 1.165) is 24.3 Å². The highest BCUT2D eigenvalue weighted by Crippen LogP contribution is 2.26. The predicted octanol–water partition coefficient (Wildman–Crippen LogP) is 3.38. The van der Waals surface area contributed by atoms with E-state index in [2.05, 4.69) is 24.3 Å². The van der Waals surface area contributed by atoms with E-state index in [4.69, 9.17) is 0 Å². The van der Waals surface area contributed by atoms with Gasteiger partial charge in [-0.25, -0.2) is 4.39 Å². The first-order valence-corrected chi connectivity index (χ1v) is 6.72. The number of nitrogens with zero attached hydrogens (tertiary/aromatic N) is 2. The molecule has 1 unspecified atom stereocenters. The summed E-state index contributed by atoms with van der Waals surface area (Å²) in [4.78, 5) is 0. The van der Waals surface area contributed by atoms with Gasteiger partial charge in [0.15, 0.2) is 0 Å². The molecule has 0 radical (unpaired) electrons. The normalized spacial score (nSPS) is 12.6. The Morgan fingerprint density at radius 1 is 1.32 bits per heavy atom. The van der Waals surface area contributed by atoms with Gasteiger partial charge in [-0.3, -0.25) is 4.68 Å². The second-order valence-electron chi connectivity index (χ2n) is 4.55. The van der Waals surface area contributed by atoms with Crippen molar-refractivity contribution in [3.05, 3.63) is 41.8 Å². The predicted molar refractivity (Wildman–Crippen MR) is 75.4 cm³/mol. The van der Waals surface area contributed by atoms with Crippen molar-refractivity contribution in [2.45, 2.75) is 33.4 Å². The number of benzene rings is 1. The van der Waals surface area contributed by atoms with Crippen LogP contribution in [-0.4, -0.2) is 16.3 Å². The summed E-state index contributed by atoms with van der Waals surface area (Å²) in [6.07, 6.45) is 1.71. The lowest BCUT2D eigenvalue weighted by molar-refractivity contribution is 0.591. The van der Waals surface area contributed by atoms with Crippen molar-refractivity contribution in [2.24, 2.45) is 0 Å². The SMILES string of the molecule is CCNC(C)c1ccc(F)c(-c2ccnn2CC)c1. The molecule has 0 fully saturated rings. The Labute approximate surface area is 113 Å². The van der Waals surface area contributed by atoms with Crippen molar-refractivity contribution in [1.29, 1.82) is 0 Å². The maximum Gasteiger partial charge on any atom is 0.132 e. The van der Waals surface area contributed by atoms with Crippen LogP contribution in [0, 0.1) is 5.82 Å². The minimum Gasteiger partial charge on any atom is -0.310 e. The third-order valence-electron chi connectivity index (χ3n) is 3.29. The first kappa shape index (κ1) is 13.7. The highest BCUT2D eigenvalue weighted by atomic mass is 19.1. The van der Waals surface area contributed by atoms with Gasteiger partial charge in [-0.2, -0.15) is 5.10 Å². The molecule has 1 atom stereocenters. The lowest BCUT2D eigenvalue weighted by Gasteiger charge is -2.15. The summed E-state index contributed by atoms with van der Waals surface area (Å²) in [5.41, 5.74) is 2.52. The van der Waals surface area contributed by atoms with Crippen molar-refractivity contribution in [3.63, 3.8) is 0 Å². The van der Waals surface area contributed by atoms with E-state index in [1.165, 1.54) is 6.07 Å². The molecule has 0 aliphatic carbocycles. The monoisotopic (exact) mass is 261 g/mol. The number of aromatic nitrogens is 2. The summed E-state index contributed by atoms with van der Waals surface area (Å²) in [6, 6.07) is 7.34. The molecule has 3 nitrogen and oxygen atoms in total. The second kappa shape index (κ2) is 5.97. The van der Waals surface area contributed by atoms with E-state index in [-0.39, 0.29) is 11.9 Å². The summed E-state index contributed by atoms with van der Waals surface area (Å²) in [5.74, 6) is -0.206. The molecule has 4 heteroatoms. The van der Waals surface area contributed by atoms with Crippen LogP contribution in [0.4, 0.5) is 4.39 Å². The second-order valence-corrected chi connectivity index (χ2v) is 4.55. The number of nitrogens with one attached hydrogen (secondary N) is 1.